The zero-order chi connectivity index (χ0) is 24.8. The summed E-state index contributed by atoms with van der Waals surface area (Å²) in [4.78, 5) is 25.5. The normalized spacial score (nSPS) is 14.6. The minimum Gasteiger partial charge on any atom is -0.369 e. The summed E-state index contributed by atoms with van der Waals surface area (Å²) in [5.41, 5.74) is 4.20. The van der Waals surface area contributed by atoms with Gasteiger partial charge in [-0.25, -0.2) is 13.8 Å². The lowest BCUT2D eigenvalue weighted by Crippen LogP contribution is -2.44. The highest BCUT2D eigenvalue weighted by Crippen LogP contribution is 2.33. The number of piperazine rings is 1. The van der Waals surface area contributed by atoms with Crippen LogP contribution in [0.25, 0.3) is 33.5 Å². The number of carbonyl (C=O) groups excluding carboxylic acids is 1. The number of aromatic nitrogens is 4. The molecule has 182 valence electrons. The highest BCUT2D eigenvalue weighted by Gasteiger charge is 2.20. The molecule has 2 aromatic heterocycles. The van der Waals surface area contributed by atoms with E-state index in [2.05, 4.69) is 49.5 Å². The number of halogens is 2. The zero-order valence-electron chi connectivity index (χ0n) is 19.5. The van der Waals surface area contributed by atoms with Crippen LogP contribution in [0.4, 0.5) is 20.2 Å². The van der Waals surface area contributed by atoms with Gasteiger partial charge >= 0.3 is 0 Å². The van der Waals surface area contributed by atoms with Crippen LogP contribution in [0.15, 0.2) is 54.6 Å². The van der Waals surface area contributed by atoms with Crippen molar-refractivity contribution < 1.29 is 13.6 Å². The van der Waals surface area contributed by atoms with Crippen molar-refractivity contribution in [3.8, 4) is 11.5 Å². The van der Waals surface area contributed by atoms with Gasteiger partial charge in [0.05, 0.1) is 33.2 Å². The topological polar surface area (TPSA) is 92.9 Å². The first-order valence-electron chi connectivity index (χ1n) is 11.6. The molecule has 36 heavy (non-hydrogen) atoms. The maximum Gasteiger partial charge on any atom is 0.258 e. The Labute approximate surface area is 204 Å². The molecule has 0 radical (unpaired) electrons. The summed E-state index contributed by atoms with van der Waals surface area (Å²) < 4.78 is 27.4. The summed E-state index contributed by atoms with van der Waals surface area (Å²) in [6.45, 7) is 3.96. The maximum absolute atomic E-state index is 14.2. The van der Waals surface area contributed by atoms with E-state index in [0.717, 1.165) is 55.0 Å². The Morgan fingerprint density at radius 2 is 1.83 bits per heavy atom. The van der Waals surface area contributed by atoms with Crippen molar-refractivity contribution in [2.45, 2.75) is 0 Å². The average molecular weight is 488 g/mol. The van der Waals surface area contributed by atoms with E-state index in [-0.39, 0.29) is 5.56 Å². The molecule has 3 heterocycles. The first-order valence-corrected chi connectivity index (χ1v) is 11.6. The van der Waals surface area contributed by atoms with Crippen molar-refractivity contribution in [3.05, 3.63) is 71.8 Å². The van der Waals surface area contributed by atoms with Crippen LogP contribution in [0.2, 0.25) is 0 Å². The lowest BCUT2D eigenvalue weighted by Gasteiger charge is -2.34. The molecule has 0 atom stereocenters. The number of likely N-dealkylation sites (N-methyl/N-ethyl adjacent to an activating group) is 1. The van der Waals surface area contributed by atoms with Gasteiger partial charge in [-0.2, -0.15) is 5.10 Å². The van der Waals surface area contributed by atoms with E-state index in [0.29, 0.717) is 34.2 Å². The predicted octanol–water partition coefficient (Wildman–Crippen LogP) is 4.39. The number of aromatic amines is 2. The highest BCUT2D eigenvalue weighted by molar-refractivity contribution is 6.11. The smallest absolute Gasteiger partial charge is 0.258 e. The average Bonchev–Trinajstić information content (AvgIpc) is 3.48. The molecule has 1 saturated heterocycles. The monoisotopic (exact) mass is 487 g/mol. The molecule has 8 nitrogen and oxygen atoms in total. The van der Waals surface area contributed by atoms with Gasteiger partial charge in [-0.1, -0.05) is 6.07 Å². The first-order chi connectivity index (χ1) is 17.5. The second-order valence-electron chi connectivity index (χ2n) is 8.96. The number of nitrogens with zero attached hydrogens (tertiary/aromatic N) is 4. The van der Waals surface area contributed by atoms with E-state index in [9.17, 15) is 13.6 Å². The van der Waals surface area contributed by atoms with Crippen molar-refractivity contribution in [3.63, 3.8) is 0 Å². The van der Waals surface area contributed by atoms with E-state index in [1.165, 1.54) is 0 Å². The largest absolute Gasteiger partial charge is 0.369 e. The number of nitrogens with one attached hydrogen (secondary N) is 3. The minimum atomic E-state index is -0.930. The van der Waals surface area contributed by atoms with Gasteiger partial charge in [-0.3, -0.25) is 9.89 Å². The summed E-state index contributed by atoms with van der Waals surface area (Å²) in [6.07, 6.45) is 0. The summed E-state index contributed by atoms with van der Waals surface area (Å²) in [5, 5.41) is 10.8. The molecule has 10 heteroatoms. The predicted molar refractivity (Wildman–Crippen MR) is 135 cm³/mol. The number of anilines is 2. The Morgan fingerprint density at radius 1 is 1.00 bits per heavy atom. The molecule has 1 aliphatic rings. The highest BCUT2D eigenvalue weighted by atomic mass is 19.1. The third-order valence-electron chi connectivity index (χ3n) is 6.57. The van der Waals surface area contributed by atoms with Crippen LogP contribution in [-0.2, 0) is 0 Å². The van der Waals surface area contributed by atoms with E-state index >= 15 is 0 Å². The molecule has 1 fully saturated rings. The Morgan fingerprint density at radius 3 is 2.64 bits per heavy atom. The Kier molecular flexibility index (Phi) is 5.37. The molecule has 3 aromatic carbocycles. The van der Waals surface area contributed by atoms with Crippen molar-refractivity contribution in [2.24, 2.45) is 0 Å². The van der Waals surface area contributed by atoms with E-state index < -0.39 is 17.5 Å². The molecule has 1 aliphatic heterocycles. The van der Waals surface area contributed by atoms with Gasteiger partial charge in [0.25, 0.3) is 5.91 Å². The molecule has 0 aliphatic carbocycles. The van der Waals surface area contributed by atoms with Crippen molar-refractivity contribution >= 4 is 39.2 Å². The fraction of sp³-hybridized carbons (Fsp3) is 0.192. The first kappa shape index (κ1) is 22.2. The van der Waals surface area contributed by atoms with Gasteiger partial charge in [-0.15, -0.1) is 0 Å². The zero-order valence-corrected chi connectivity index (χ0v) is 19.5. The Bertz CT molecular complexity index is 1600. The fourth-order valence-electron chi connectivity index (χ4n) is 4.58. The molecule has 1 amide bonds. The second kappa shape index (κ2) is 8.72. The molecule has 3 N–H and O–H groups in total. The van der Waals surface area contributed by atoms with Gasteiger partial charge in [-0.05, 0) is 49.5 Å². The molecule has 0 saturated carbocycles. The van der Waals surface area contributed by atoms with Gasteiger partial charge in [0, 0.05) is 37.9 Å². The van der Waals surface area contributed by atoms with Crippen LogP contribution in [0.5, 0.6) is 0 Å². The number of hydrogen-bond donors (Lipinski definition) is 3. The third kappa shape index (κ3) is 3.95. The maximum atomic E-state index is 14.2. The number of imidazole rings is 1. The van der Waals surface area contributed by atoms with E-state index in [4.69, 9.17) is 4.98 Å². The molecular weight excluding hydrogens is 464 g/mol. The Balaban J connectivity index is 1.35. The molecular formula is C26H23F2N7O. The second-order valence-corrected chi connectivity index (χ2v) is 8.96. The van der Waals surface area contributed by atoms with Gasteiger partial charge < -0.3 is 20.1 Å². The number of hydrogen-bond acceptors (Lipinski definition) is 5. The number of benzene rings is 3. The van der Waals surface area contributed by atoms with Crippen LogP contribution in [-0.4, -0.2) is 64.2 Å². The minimum absolute atomic E-state index is 0.251. The summed E-state index contributed by atoms with van der Waals surface area (Å²) >= 11 is 0. The van der Waals surface area contributed by atoms with E-state index in [1.807, 2.05) is 12.1 Å². The van der Waals surface area contributed by atoms with Gasteiger partial charge in [0.2, 0.25) is 0 Å². The molecule has 0 spiro atoms. The lowest BCUT2D eigenvalue weighted by atomic mass is 10.1. The van der Waals surface area contributed by atoms with Crippen LogP contribution < -0.4 is 10.2 Å². The number of fused-ring (bicyclic) bond motifs is 2. The van der Waals surface area contributed by atoms with Crippen LogP contribution in [0, 0.1) is 11.6 Å². The summed E-state index contributed by atoms with van der Waals surface area (Å²) in [7, 11) is 2.13. The Hall–Kier alpha value is -4.31. The summed E-state index contributed by atoms with van der Waals surface area (Å²) in [5.74, 6) is -1.82. The lowest BCUT2D eigenvalue weighted by molar-refractivity contribution is 0.102. The van der Waals surface area contributed by atoms with Gasteiger partial charge in [0.1, 0.15) is 17.3 Å². The standard InChI is InChI=1S/C26H23F2N7O/c1-34-9-11-35(12-10-34)16-6-8-19-22(14-16)30-25(29-19)24-23-20(3-2-4-21(23)32-33-24)31-26(36)17-7-5-15(27)13-18(17)28/h2-8,13-14H,9-12H2,1H3,(H,29,30)(H,31,36)(H,32,33). The number of rotatable bonds is 4. The number of carbonyl (C=O) groups is 1. The SMILES string of the molecule is CN1CCN(c2ccc3nc(-c4n[nH]c5cccc(NC(=O)c6ccc(F)cc6F)c45)[nH]c3c2)CC1. The van der Waals surface area contributed by atoms with Gasteiger partial charge in [0.15, 0.2) is 5.82 Å². The van der Waals surface area contributed by atoms with Crippen molar-refractivity contribution in [1.29, 1.82) is 0 Å². The van der Waals surface area contributed by atoms with Crippen molar-refractivity contribution in [1.82, 2.24) is 25.1 Å². The molecule has 0 bridgehead atoms. The van der Waals surface area contributed by atoms with Crippen LogP contribution in [0.3, 0.4) is 0 Å². The summed E-state index contributed by atoms with van der Waals surface area (Å²) in [6, 6.07) is 14.3. The quantitative estimate of drug-likeness (QED) is 0.350. The van der Waals surface area contributed by atoms with Crippen LogP contribution in [0.1, 0.15) is 10.4 Å². The fourth-order valence-corrected chi connectivity index (χ4v) is 4.58. The third-order valence-corrected chi connectivity index (χ3v) is 6.57. The molecule has 6 rings (SSSR count). The van der Waals surface area contributed by atoms with Crippen molar-refractivity contribution in [2.75, 3.05) is 43.4 Å². The molecule has 0 unspecified atom stereocenters. The van der Waals surface area contributed by atoms with Crippen LogP contribution >= 0.6 is 0 Å². The number of H-pyrrole nitrogens is 2. The number of amides is 1. The molecule has 5 aromatic rings. The van der Waals surface area contributed by atoms with E-state index in [1.54, 1.807) is 12.1 Å².